The zero-order valence-corrected chi connectivity index (χ0v) is 13.5. The highest BCUT2D eigenvalue weighted by Crippen LogP contribution is 2.21. The molecule has 6 nitrogen and oxygen atoms in total. The van der Waals surface area contributed by atoms with Crippen LogP contribution in [0.3, 0.4) is 0 Å². The van der Waals surface area contributed by atoms with E-state index in [1.807, 2.05) is 0 Å². The third kappa shape index (κ3) is 4.87. The van der Waals surface area contributed by atoms with Crippen molar-refractivity contribution in [3.05, 3.63) is 0 Å². The molecule has 1 atom stereocenters. The van der Waals surface area contributed by atoms with Gasteiger partial charge in [0.25, 0.3) is 0 Å². The van der Waals surface area contributed by atoms with Crippen LogP contribution < -0.4 is 5.32 Å². The molecule has 0 aromatic rings. The maximum absolute atomic E-state index is 12.2. The Hall–Kier alpha value is -1.30. The van der Waals surface area contributed by atoms with E-state index in [2.05, 4.69) is 5.32 Å². The van der Waals surface area contributed by atoms with E-state index < -0.39 is 12.1 Å². The number of carbonyl (C=O) groups is 2. The van der Waals surface area contributed by atoms with E-state index in [1.54, 1.807) is 0 Å². The summed E-state index contributed by atoms with van der Waals surface area (Å²) in [6.07, 6.45) is 8.30. The minimum atomic E-state index is -0.413. The van der Waals surface area contributed by atoms with Crippen LogP contribution in [-0.2, 0) is 14.3 Å². The number of piperidine rings is 1. The molecule has 1 unspecified atom stereocenters. The molecule has 2 rings (SSSR count). The van der Waals surface area contributed by atoms with E-state index in [4.69, 9.17) is 9.47 Å². The molecular formula is C16H28N2O4. The number of rotatable bonds is 6. The van der Waals surface area contributed by atoms with Gasteiger partial charge in [0.2, 0.25) is 5.91 Å². The molecule has 1 aliphatic carbocycles. The van der Waals surface area contributed by atoms with Crippen LogP contribution in [0.15, 0.2) is 0 Å². The third-order valence-electron chi connectivity index (χ3n) is 4.49. The van der Waals surface area contributed by atoms with Gasteiger partial charge in [-0.3, -0.25) is 9.69 Å². The summed E-state index contributed by atoms with van der Waals surface area (Å²) >= 11 is 0. The van der Waals surface area contributed by atoms with Gasteiger partial charge in [-0.15, -0.1) is 0 Å². The van der Waals surface area contributed by atoms with Crippen LogP contribution >= 0.6 is 0 Å². The van der Waals surface area contributed by atoms with E-state index in [9.17, 15) is 9.59 Å². The van der Waals surface area contributed by atoms with Gasteiger partial charge in [0.15, 0.2) is 0 Å². The Labute approximate surface area is 132 Å². The highest BCUT2D eigenvalue weighted by Gasteiger charge is 2.32. The monoisotopic (exact) mass is 312 g/mol. The first kappa shape index (κ1) is 17.1. The maximum Gasteiger partial charge on any atom is 0.410 e. The van der Waals surface area contributed by atoms with E-state index in [0.717, 1.165) is 19.3 Å². The Kier molecular flexibility index (Phi) is 6.96. The number of methoxy groups -OCH3 is 1. The van der Waals surface area contributed by atoms with Crippen molar-refractivity contribution in [2.45, 2.75) is 63.5 Å². The molecule has 2 amide bonds. The maximum atomic E-state index is 12.2. The number of hydrogen-bond donors (Lipinski definition) is 1. The second-order valence-electron chi connectivity index (χ2n) is 6.10. The number of nitrogens with one attached hydrogen (secondary N) is 1. The summed E-state index contributed by atoms with van der Waals surface area (Å²) in [6.45, 7) is 1.88. The second kappa shape index (κ2) is 8.98. The summed E-state index contributed by atoms with van der Waals surface area (Å²) < 4.78 is 10.5. The normalized spacial score (nSPS) is 22.6. The van der Waals surface area contributed by atoms with Crippen molar-refractivity contribution in [1.82, 2.24) is 10.2 Å². The molecule has 2 fully saturated rings. The zero-order chi connectivity index (χ0) is 15.8. The minimum absolute atomic E-state index is 0.0778. The van der Waals surface area contributed by atoms with Crippen LogP contribution in [0.2, 0.25) is 0 Å². The lowest BCUT2D eigenvalue weighted by Crippen LogP contribution is -2.52. The molecule has 2 aliphatic rings. The molecule has 6 heteroatoms. The molecule has 0 radical (unpaired) electrons. The van der Waals surface area contributed by atoms with E-state index in [1.165, 1.54) is 37.7 Å². The largest absolute Gasteiger partial charge is 0.453 e. The first-order valence-electron chi connectivity index (χ1n) is 8.46. The van der Waals surface area contributed by atoms with Crippen molar-refractivity contribution in [2.75, 3.05) is 26.8 Å². The Morgan fingerprint density at radius 1 is 1.14 bits per heavy atom. The lowest BCUT2D eigenvalue weighted by molar-refractivity contribution is -0.127. The van der Waals surface area contributed by atoms with Crippen LogP contribution in [0, 0.1) is 0 Å². The number of amides is 2. The number of nitrogens with zero attached hydrogens (tertiary/aromatic N) is 1. The van der Waals surface area contributed by atoms with Crippen LogP contribution in [-0.4, -0.2) is 55.9 Å². The van der Waals surface area contributed by atoms with Gasteiger partial charge in [-0.05, 0) is 38.5 Å². The van der Waals surface area contributed by atoms with Crippen molar-refractivity contribution < 1.29 is 19.1 Å². The summed E-state index contributed by atoms with van der Waals surface area (Å²) in [7, 11) is 1.35. The van der Waals surface area contributed by atoms with Gasteiger partial charge >= 0.3 is 6.09 Å². The fourth-order valence-electron chi connectivity index (χ4n) is 3.25. The van der Waals surface area contributed by atoms with Gasteiger partial charge in [0.05, 0.1) is 13.2 Å². The van der Waals surface area contributed by atoms with Crippen LogP contribution in [0.4, 0.5) is 4.79 Å². The predicted molar refractivity (Wildman–Crippen MR) is 82.6 cm³/mol. The fourth-order valence-corrected chi connectivity index (χ4v) is 3.25. The molecule has 0 aromatic heterocycles. The van der Waals surface area contributed by atoms with Crippen LogP contribution in [0.25, 0.3) is 0 Å². The summed E-state index contributed by atoms with van der Waals surface area (Å²) in [5.41, 5.74) is 0. The van der Waals surface area contributed by atoms with Gasteiger partial charge < -0.3 is 14.8 Å². The van der Waals surface area contributed by atoms with Crippen molar-refractivity contribution in [2.24, 2.45) is 0 Å². The van der Waals surface area contributed by atoms with Crippen LogP contribution in [0.5, 0.6) is 0 Å². The second-order valence-corrected chi connectivity index (χ2v) is 6.10. The molecule has 1 saturated carbocycles. The molecule has 0 bridgehead atoms. The minimum Gasteiger partial charge on any atom is -0.453 e. The molecule has 1 aliphatic heterocycles. The highest BCUT2D eigenvalue weighted by atomic mass is 16.5. The smallest absolute Gasteiger partial charge is 0.410 e. The van der Waals surface area contributed by atoms with Crippen molar-refractivity contribution in [3.8, 4) is 0 Å². The summed E-state index contributed by atoms with van der Waals surface area (Å²) in [4.78, 5) is 25.5. The molecule has 1 saturated heterocycles. The van der Waals surface area contributed by atoms with E-state index >= 15 is 0 Å². The quantitative estimate of drug-likeness (QED) is 0.762. The molecule has 1 N–H and O–H groups in total. The molecule has 0 spiro atoms. The van der Waals surface area contributed by atoms with Crippen molar-refractivity contribution in [3.63, 3.8) is 0 Å². The Morgan fingerprint density at radius 2 is 1.86 bits per heavy atom. The zero-order valence-electron chi connectivity index (χ0n) is 13.5. The summed E-state index contributed by atoms with van der Waals surface area (Å²) in [5, 5.41) is 2.92. The number of hydrogen-bond acceptors (Lipinski definition) is 4. The molecule has 126 valence electrons. The first-order chi connectivity index (χ1) is 10.7. The SMILES string of the molecule is COC(=O)N1CCCCC1C(=O)NCCCOC1CCCC1. The number of carbonyl (C=O) groups excluding carboxylic acids is 2. The Morgan fingerprint density at radius 3 is 2.59 bits per heavy atom. The number of likely N-dealkylation sites (tertiary alicyclic amines) is 1. The number of ether oxygens (including phenoxy) is 2. The van der Waals surface area contributed by atoms with Crippen molar-refractivity contribution in [1.29, 1.82) is 0 Å². The highest BCUT2D eigenvalue weighted by molar-refractivity contribution is 5.85. The summed E-state index contributed by atoms with van der Waals surface area (Å²) in [6, 6.07) is -0.392. The van der Waals surface area contributed by atoms with E-state index in [0.29, 0.717) is 32.2 Å². The van der Waals surface area contributed by atoms with Crippen molar-refractivity contribution >= 4 is 12.0 Å². The van der Waals surface area contributed by atoms with Gasteiger partial charge in [-0.2, -0.15) is 0 Å². The van der Waals surface area contributed by atoms with Gasteiger partial charge in [0, 0.05) is 19.7 Å². The molecule has 22 heavy (non-hydrogen) atoms. The van der Waals surface area contributed by atoms with E-state index in [-0.39, 0.29) is 5.91 Å². The molecule has 1 heterocycles. The fraction of sp³-hybridized carbons (Fsp3) is 0.875. The van der Waals surface area contributed by atoms with Crippen LogP contribution in [0.1, 0.15) is 51.4 Å². The lowest BCUT2D eigenvalue weighted by Gasteiger charge is -2.33. The van der Waals surface area contributed by atoms with Gasteiger partial charge in [-0.25, -0.2) is 4.79 Å². The lowest BCUT2D eigenvalue weighted by atomic mass is 10.0. The summed E-state index contributed by atoms with van der Waals surface area (Å²) in [5.74, 6) is -0.0778. The third-order valence-corrected chi connectivity index (χ3v) is 4.49. The standard InChI is InChI=1S/C16H28N2O4/c1-21-16(20)18-11-5-4-9-14(18)15(19)17-10-6-12-22-13-7-2-3-8-13/h13-14H,2-12H2,1H3,(H,17,19). The average Bonchev–Trinajstić information content (AvgIpc) is 3.07. The Balaban J connectivity index is 1.65. The van der Waals surface area contributed by atoms with Gasteiger partial charge in [0.1, 0.15) is 6.04 Å². The first-order valence-corrected chi connectivity index (χ1v) is 8.46. The molecular weight excluding hydrogens is 284 g/mol. The average molecular weight is 312 g/mol. The Bertz CT molecular complexity index is 369. The topological polar surface area (TPSA) is 67.9 Å². The van der Waals surface area contributed by atoms with Gasteiger partial charge in [-0.1, -0.05) is 12.8 Å². The molecule has 0 aromatic carbocycles. The predicted octanol–water partition coefficient (Wildman–Crippen LogP) is 2.07.